The van der Waals surface area contributed by atoms with E-state index in [2.05, 4.69) is 18.7 Å². The summed E-state index contributed by atoms with van der Waals surface area (Å²) in [6.45, 7) is 7.21. The minimum absolute atomic E-state index is 0. The third kappa shape index (κ3) is 3.98. The number of nitrogens with zero attached hydrogens (tertiary/aromatic N) is 1. The maximum atomic E-state index is 12.7. The van der Waals surface area contributed by atoms with Crippen LogP contribution in [0.2, 0.25) is 0 Å². The molecule has 2 rings (SSSR count). The third-order valence-electron chi connectivity index (χ3n) is 4.49. The summed E-state index contributed by atoms with van der Waals surface area (Å²) >= 11 is 0. The monoisotopic (exact) mass is 310 g/mol. The molecule has 3 nitrogen and oxygen atoms in total. The summed E-state index contributed by atoms with van der Waals surface area (Å²) in [7, 11) is 0. The van der Waals surface area contributed by atoms with Gasteiger partial charge in [0.15, 0.2) is 0 Å². The Balaban J connectivity index is 0.00000220. The number of hydrogen-bond donors (Lipinski definition) is 1. The van der Waals surface area contributed by atoms with E-state index in [4.69, 9.17) is 5.73 Å². The molecule has 1 aliphatic rings. The molecule has 1 aromatic rings. The molecule has 1 aliphatic heterocycles. The van der Waals surface area contributed by atoms with Gasteiger partial charge in [0.05, 0.1) is 5.92 Å². The Labute approximate surface area is 134 Å². The van der Waals surface area contributed by atoms with Gasteiger partial charge in [-0.15, -0.1) is 12.4 Å². The fourth-order valence-electron chi connectivity index (χ4n) is 3.19. The Morgan fingerprint density at radius 2 is 2.00 bits per heavy atom. The second-order valence-electron chi connectivity index (χ2n) is 6.12. The second-order valence-corrected chi connectivity index (χ2v) is 6.12. The van der Waals surface area contributed by atoms with Gasteiger partial charge < -0.3 is 10.6 Å². The Hall–Kier alpha value is -1.06. The molecule has 1 fully saturated rings. The van der Waals surface area contributed by atoms with Gasteiger partial charge >= 0.3 is 0 Å². The summed E-state index contributed by atoms with van der Waals surface area (Å²) < 4.78 is 0. The van der Waals surface area contributed by atoms with Gasteiger partial charge in [0.2, 0.25) is 5.91 Å². The number of rotatable bonds is 4. The van der Waals surface area contributed by atoms with E-state index in [1.54, 1.807) is 0 Å². The van der Waals surface area contributed by atoms with Crippen LogP contribution in [-0.4, -0.2) is 23.4 Å². The van der Waals surface area contributed by atoms with E-state index in [-0.39, 0.29) is 30.3 Å². The summed E-state index contributed by atoms with van der Waals surface area (Å²) in [6, 6.07) is 10.1. The van der Waals surface area contributed by atoms with Gasteiger partial charge in [0.1, 0.15) is 0 Å². The van der Waals surface area contributed by atoms with Crippen LogP contribution in [0.3, 0.4) is 0 Å². The Bertz CT molecular complexity index is 451. The molecule has 4 unspecified atom stereocenters. The molecule has 0 aliphatic carbocycles. The largest absolute Gasteiger partial charge is 0.339 e. The molecule has 0 radical (unpaired) electrons. The first-order valence-corrected chi connectivity index (χ1v) is 7.65. The molecule has 21 heavy (non-hydrogen) atoms. The maximum absolute atomic E-state index is 12.7. The third-order valence-corrected chi connectivity index (χ3v) is 4.49. The fourth-order valence-corrected chi connectivity index (χ4v) is 3.19. The standard InChI is InChI=1S/C17H26N2O.ClH/c1-4-15-10-12(2)11-19(15)17(20)13(3)16(18)14-8-6-5-7-9-14;/h5-9,12-13,15-16H,4,10-11,18H2,1-3H3;1H. The van der Waals surface area contributed by atoms with Crippen molar-refractivity contribution >= 4 is 18.3 Å². The molecular weight excluding hydrogens is 284 g/mol. The molecule has 0 aromatic heterocycles. The van der Waals surface area contributed by atoms with E-state index in [0.717, 1.165) is 24.9 Å². The van der Waals surface area contributed by atoms with Crippen LogP contribution in [0.1, 0.15) is 45.2 Å². The van der Waals surface area contributed by atoms with E-state index in [1.165, 1.54) is 0 Å². The topological polar surface area (TPSA) is 46.3 Å². The van der Waals surface area contributed by atoms with Crippen LogP contribution in [0.25, 0.3) is 0 Å². The molecule has 1 heterocycles. The van der Waals surface area contributed by atoms with Crippen molar-refractivity contribution in [3.8, 4) is 0 Å². The summed E-state index contributed by atoms with van der Waals surface area (Å²) in [4.78, 5) is 14.8. The number of carbonyl (C=O) groups excluding carboxylic acids is 1. The Morgan fingerprint density at radius 3 is 2.57 bits per heavy atom. The molecule has 4 heteroatoms. The fraction of sp³-hybridized carbons (Fsp3) is 0.588. The lowest BCUT2D eigenvalue weighted by Gasteiger charge is -2.29. The Kier molecular flexibility index (Phi) is 6.69. The van der Waals surface area contributed by atoms with Crippen molar-refractivity contribution in [1.29, 1.82) is 0 Å². The van der Waals surface area contributed by atoms with Gasteiger partial charge in [-0.05, 0) is 24.3 Å². The van der Waals surface area contributed by atoms with E-state index >= 15 is 0 Å². The molecule has 0 saturated carbocycles. The minimum atomic E-state index is -0.225. The van der Waals surface area contributed by atoms with Gasteiger partial charge in [-0.1, -0.05) is 51.1 Å². The van der Waals surface area contributed by atoms with E-state index < -0.39 is 0 Å². The first kappa shape index (κ1) is 18.0. The SMILES string of the molecule is CCC1CC(C)CN1C(=O)C(C)C(N)c1ccccc1.Cl. The van der Waals surface area contributed by atoms with E-state index in [9.17, 15) is 4.79 Å². The molecule has 118 valence electrons. The molecular formula is C17H27ClN2O. The van der Waals surface area contributed by atoms with Crippen molar-refractivity contribution in [2.24, 2.45) is 17.6 Å². The predicted molar refractivity (Wildman–Crippen MR) is 89.4 cm³/mol. The van der Waals surface area contributed by atoms with E-state index in [0.29, 0.717) is 12.0 Å². The molecule has 1 amide bonds. The number of amides is 1. The van der Waals surface area contributed by atoms with Crippen molar-refractivity contribution in [2.75, 3.05) is 6.54 Å². The van der Waals surface area contributed by atoms with Crippen molar-refractivity contribution in [3.63, 3.8) is 0 Å². The van der Waals surface area contributed by atoms with E-state index in [1.807, 2.05) is 37.3 Å². The quantitative estimate of drug-likeness (QED) is 0.926. The van der Waals surface area contributed by atoms with Gasteiger partial charge in [-0.2, -0.15) is 0 Å². The van der Waals surface area contributed by atoms with Crippen molar-refractivity contribution in [3.05, 3.63) is 35.9 Å². The molecule has 1 aromatic carbocycles. The molecule has 0 bridgehead atoms. The summed E-state index contributed by atoms with van der Waals surface area (Å²) in [5, 5.41) is 0. The summed E-state index contributed by atoms with van der Waals surface area (Å²) in [5.74, 6) is 0.637. The van der Waals surface area contributed by atoms with Crippen LogP contribution < -0.4 is 5.73 Å². The number of likely N-dealkylation sites (tertiary alicyclic amines) is 1. The van der Waals surface area contributed by atoms with Gasteiger partial charge in [-0.25, -0.2) is 0 Å². The van der Waals surface area contributed by atoms with Crippen LogP contribution >= 0.6 is 12.4 Å². The predicted octanol–water partition coefficient (Wildman–Crippen LogP) is 3.39. The number of nitrogens with two attached hydrogens (primary N) is 1. The van der Waals surface area contributed by atoms with Gasteiger partial charge in [0.25, 0.3) is 0 Å². The van der Waals surface area contributed by atoms with Crippen LogP contribution in [0.5, 0.6) is 0 Å². The Morgan fingerprint density at radius 1 is 1.38 bits per heavy atom. The first-order chi connectivity index (χ1) is 9.54. The number of hydrogen-bond acceptors (Lipinski definition) is 2. The van der Waals surface area contributed by atoms with Crippen molar-refractivity contribution < 1.29 is 4.79 Å². The highest BCUT2D eigenvalue weighted by molar-refractivity contribution is 5.85. The zero-order chi connectivity index (χ0) is 14.7. The second kappa shape index (κ2) is 7.81. The zero-order valence-electron chi connectivity index (χ0n) is 13.2. The normalized spacial score (nSPS) is 24.3. The lowest BCUT2D eigenvalue weighted by Crippen LogP contribution is -2.42. The average molecular weight is 311 g/mol. The van der Waals surface area contributed by atoms with Crippen LogP contribution in [-0.2, 0) is 4.79 Å². The summed E-state index contributed by atoms with van der Waals surface area (Å²) in [6.07, 6.45) is 2.15. The zero-order valence-corrected chi connectivity index (χ0v) is 14.0. The average Bonchev–Trinajstić information content (AvgIpc) is 2.87. The lowest BCUT2D eigenvalue weighted by molar-refractivity contribution is -0.136. The number of benzene rings is 1. The smallest absolute Gasteiger partial charge is 0.227 e. The van der Waals surface area contributed by atoms with Gasteiger partial charge in [0, 0.05) is 18.6 Å². The van der Waals surface area contributed by atoms with Crippen LogP contribution in [0, 0.1) is 11.8 Å². The molecule has 4 atom stereocenters. The highest BCUT2D eigenvalue weighted by atomic mass is 35.5. The minimum Gasteiger partial charge on any atom is -0.339 e. The maximum Gasteiger partial charge on any atom is 0.227 e. The van der Waals surface area contributed by atoms with Crippen molar-refractivity contribution in [1.82, 2.24) is 4.90 Å². The highest BCUT2D eigenvalue weighted by Gasteiger charge is 2.35. The molecule has 2 N–H and O–H groups in total. The first-order valence-electron chi connectivity index (χ1n) is 7.65. The summed E-state index contributed by atoms with van der Waals surface area (Å²) in [5.41, 5.74) is 7.32. The number of carbonyl (C=O) groups is 1. The number of halogens is 1. The van der Waals surface area contributed by atoms with Crippen molar-refractivity contribution in [2.45, 2.75) is 45.7 Å². The highest BCUT2D eigenvalue weighted by Crippen LogP contribution is 2.29. The molecule has 1 saturated heterocycles. The van der Waals surface area contributed by atoms with Crippen LogP contribution in [0.4, 0.5) is 0 Å². The lowest BCUT2D eigenvalue weighted by atomic mass is 9.94. The van der Waals surface area contributed by atoms with Gasteiger partial charge in [-0.3, -0.25) is 4.79 Å². The van der Waals surface area contributed by atoms with Crippen LogP contribution in [0.15, 0.2) is 30.3 Å². The molecule has 0 spiro atoms.